The van der Waals surface area contributed by atoms with E-state index in [0.29, 0.717) is 6.42 Å². The summed E-state index contributed by atoms with van der Waals surface area (Å²) >= 11 is 0. The first-order chi connectivity index (χ1) is 56.1. The molecule has 1 saturated carbocycles. The van der Waals surface area contributed by atoms with Gasteiger partial charge in [-0.05, 0) is 59.3 Å². The normalized spacial score (nSPS) is 25.8. The van der Waals surface area contributed by atoms with E-state index in [0.717, 1.165) is 25.7 Å². The number of rotatable bonds is 62. The molecule has 8 amide bonds. The van der Waals surface area contributed by atoms with Gasteiger partial charge < -0.3 is 164 Å². The summed E-state index contributed by atoms with van der Waals surface area (Å²) in [7, 11) is -1.37. The van der Waals surface area contributed by atoms with Crippen LogP contribution in [-0.2, 0) is 114 Å². The summed E-state index contributed by atoms with van der Waals surface area (Å²) in [6, 6.07) is -0.983. The molecule has 676 valence electrons. The Bertz CT molecular complexity index is 2650. The number of carbonyl (C=O) groups is 8. The molecular weight excluding hydrogens is 1580 g/mol. The van der Waals surface area contributed by atoms with Crippen LogP contribution in [0.5, 0.6) is 0 Å². The number of carbonyl (C=O) groups excluding carboxylic acids is 8. The van der Waals surface area contributed by atoms with Gasteiger partial charge in [-0.25, -0.2) is 4.67 Å². The maximum absolute atomic E-state index is 14.0. The molecule has 44 heteroatoms. The van der Waals surface area contributed by atoms with Crippen LogP contribution in [0.2, 0.25) is 0 Å². The third kappa shape index (κ3) is 40.9. The third-order valence-corrected chi connectivity index (χ3v) is 20.7. The van der Waals surface area contributed by atoms with Crippen molar-refractivity contribution in [3.05, 3.63) is 0 Å². The number of amides is 8. The van der Waals surface area contributed by atoms with Crippen LogP contribution in [0.3, 0.4) is 0 Å². The van der Waals surface area contributed by atoms with Crippen molar-refractivity contribution in [1.82, 2.24) is 47.2 Å². The first kappa shape index (κ1) is 104. The predicted molar refractivity (Wildman–Crippen MR) is 409 cm³/mol. The Morgan fingerprint density at radius 1 is 0.436 bits per heavy atom. The number of hydrogen-bond acceptors (Lipinski definition) is 35. The maximum atomic E-state index is 14.0. The topological polar surface area (TPSA) is 590 Å². The predicted octanol–water partition coefficient (Wildman–Crippen LogP) is -5.88. The Morgan fingerprint density at radius 3 is 1.09 bits per heavy atom. The Kier molecular flexibility index (Phi) is 52.8. The summed E-state index contributed by atoms with van der Waals surface area (Å²) in [6.45, 7) is 9.13. The molecule has 3 aliphatic heterocycles. The zero-order valence-corrected chi connectivity index (χ0v) is 69.2. The third-order valence-electron chi connectivity index (χ3n) is 18.5. The summed E-state index contributed by atoms with van der Waals surface area (Å²) in [5.41, 5.74) is -1.54. The van der Waals surface area contributed by atoms with Crippen LogP contribution in [-0.4, -0.2) is 392 Å². The van der Waals surface area contributed by atoms with Crippen molar-refractivity contribution in [1.29, 1.82) is 5.26 Å². The molecule has 0 spiro atoms. The van der Waals surface area contributed by atoms with Crippen molar-refractivity contribution < 1.29 is 160 Å². The number of aliphatic hydroxyl groups is 9. The molecule has 0 aromatic carbocycles. The lowest BCUT2D eigenvalue weighted by molar-refractivity contribution is -0.272. The van der Waals surface area contributed by atoms with Gasteiger partial charge in [-0.1, -0.05) is 0 Å². The van der Waals surface area contributed by atoms with Gasteiger partial charge in [0.15, 0.2) is 18.9 Å². The van der Waals surface area contributed by atoms with Gasteiger partial charge in [0.25, 0.3) is 8.53 Å². The standard InChI is InChI=1S/C73H131N10O33P/c1-46(2)83(47(3)4)117(112-22-8-17-74)116-52-11-9-51(10-12-52)39-60(94)78-21-30-102-32-31-101-23-16-59(93)82-73(43-106-24-13-56(90)75-18-27-103-33-36-109-70-61(79-48(5)87)67(98)64(95)53(40-84)113-70,44-107-25-14-57(91)76-19-28-104-34-37-110-71-62(80-49(6)88)68(99)65(96)54(41-85)114-71)45-108-26-15-58(92)77-20-29-105-35-38-111-72-63(81-50(7)89)69(100)66(97)55(42-86)115-72/h46-47,51-55,61-72,84-86,95-100H,8-16,18-45H2,1-7H3,(H,75,90)(H,76,91)(H,77,92)(H,78,94)(H,79,87)(H,80,88)(H,81,89)(H,82,93)/t51?,52?,53-,54-,55-,61-,62-,63-,64+,65+,66+,67-,68-,69-,70-,71-,72-,117?/m1/s1. The molecule has 17 N–H and O–H groups in total. The average Bonchev–Trinajstić information content (AvgIpc) is 0.815. The van der Waals surface area contributed by atoms with E-state index < -0.39 is 167 Å². The van der Waals surface area contributed by atoms with Crippen LogP contribution in [0.25, 0.3) is 0 Å². The van der Waals surface area contributed by atoms with Crippen LogP contribution in [0.1, 0.15) is 113 Å². The Labute approximate surface area is 684 Å². The van der Waals surface area contributed by atoms with Crippen LogP contribution in [0.4, 0.5) is 0 Å². The fourth-order valence-electron chi connectivity index (χ4n) is 12.7. The number of nitriles is 1. The molecule has 4 aliphatic rings. The van der Waals surface area contributed by atoms with Crippen molar-refractivity contribution in [3.8, 4) is 6.07 Å². The Balaban J connectivity index is 1.33. The molecule has 16 atom stereocenters. The molecule has 4 fully saturated rings. The van der Waals surface area contributed by atoms with E-state index in [2.05, 4.69) is 81.0 Å². The van der Waals surface area contributed by atoms with Gasteiger partial charge in [0, 0.05) is 91.1 Å². The van der Waals surface area contributed by atoms with E-state index >= 15 is 0 Å². The summed E-state index contributed by atoms with van der Waals surface area (Å²) in [5, 5.41) is 122. The largest absolute Gasteiger partial charge is 0.394 e. The highest BCUT2D eigenvalue weighted by atomic mass is 31.2. The smallest absolute Gasteiger partial charge is 0.259 e. The Morgan fingerprint density at radius 2 is 0.761 bits per heavy atom. The van der Waals surface area contributed by atoms with E-state index in [1.54, 1.807) is 0 Å². The lowest BCUT2D eigenvalue weighted by atomic mass is 9.85. The molecule has 117 heavy (non-hydrogen) atoms. The molecular formula is C73H131N10O33P. The minimum Gasteiger partial charge on any atom is -0.394 e. The summed E-state index contributed by atoms with van der Waals surface area (Å²) in [5.74, 6) is -3.40. The summed E-state index contributed by atoms with van der Waals surface area (Å²) in [6.07, 6.45) is -13.2. The number of nitrogens with one attached hydrogen (secondary N) is 8. The molecule has 0 aromatic heterocycles. The van der Waals surface area contributed by atoms with Crippen molar-refractivity contribution in [2.45, 2.75) is 228 Å². The Hall–Kier alpha value is -5.36. The molecule has 0 bridgehead atoms. The lowest BCUT2D eigenvalue weighted by Crippen LogP contribution is -2.64. The zero-order valence-electron chi connectivity index (χ0n) is 68.3. The molecule has 3 heterocycles. The second-order valence-corrected chi connectivity index (χ2v) is 30.3. The first-order valence-corrected chi connectivity index (χ1v) is 41.0. The molecule has 0 radical (unpaired) electrons. The van der Waals surface area contributed by atoms with E-state index in [1.807, 2.05) is 0 Å². The highest BCUT2D eigenvalue weighted by Gasteiger charge is 2.48. The average molecular weight is 1710 g/mol. The maximum Gasteiger partial charge on any atom is 0.259 e. The van der Waals surface area contributed by atoms with E-state index in [9.17, 15) is 84.3 Å². The van der Waals surface area contributed by atoms with Gasteiger partial charge in [-0.3, -0.25) is 38.4 Å². The van der Waals surface area contributed by atoms with Gasteiger partial charge >= 0.3 is 0 Å². The minimum atomic E-state index is -1.54. The second kappa shape index (κ2) is 59.4. The van der Waals surface area contributed by atoms with Crippen molar-refractivity contribution in [2.75, 3.05) is 178 Å². The van der Waals surface area contributed by atoms with Crippen LogP contribution < -0.4 is 42.5 Å². The monoisotopic (exact) mass is 1710 g/mol. The number of aliphatic hydroxyl groups excluding tert-OH is 9. The SMILES string of the molecule is CC(=O)N[C@H]1[C@H](OCCOCCNC(=O)CCOCC(COCCC(=O)NCCOCCO[C@@H]2O[C@H](CO)[C@H](O)[C@H](O)[C@H]2NC(C)=O)(COCCC(=O)NCCOCCO[C@@H]2O[C@H](CO)[C@H](O)[C@H](O)[C@H]2NC(C)=O)NC(=O)CCOCCOCCNC(=O)CC2CCC(OP(OCCC#N)N(C(C)C)C(C)C)CC2)O[C@H](CO)[C@H](O)[C@@H]1O. The van der Waals surface area contributed by atoms with Gasteiger partial charge in [0.05, 0.1) is 171 Å². The van der Waals surface area contributed by atoms with E-state index in [-0.39, 0.29) is 220 Å². The zero-order chi connectivity index (χ0) is 86.1. The number of ether oxygens (including phenoxy) is 14. The lowest BCUT2D eigenvalue weighted by Gasteiger charge is -2.42. The van der Waals surface area contributed by atoms with Crippen LogP contribution >= 0.6 is 8.53 Å². The van der Waals surface area contributed by atoms with Crippen molar-refractivity contribution >= 4 is 55.8 Å². The number of nitrogens with zero attached hydrogens (tertiary/aromatic N) is 2. The molecule has 4 rings (SSSR count). The van der Waals surface area contributed by atoms with Crippen molar-refractivity contribution in [2.24, 2.45) is 5.92 Å². The molecule has 1 aliphatic carbocycles. The van der Waals surface area contributed by atoms with Gasteiger partial charge in [0.2, 0.25) is 47.3 Å². The van der Waals surface area contributed by atoms with Crippen molar-refractivity contribution in [3.63, 3.8) is 0 Å². The quantitative estimate of drug-likeness (QED) is 0.0199. The number of hydrogen-bond donors (Lipinski definition) is 17. The van der Waals surface area contributed by atoms with Gasteiger partial charge in [-0.15, -0.1) is 0 Å². The van der Waals surface area contributed by atoms with Gasteiger partial charge in [0.1, 0.15) is 78.6 Å². The van der Waals surface area contributed by atoms with E-state index in [4.69, 9.17) is 80.6 Å². The molecule has 0 aromatic rings. The van der Waals surface area contributed by atoms with Crippen LogP contribution in [0, 0.1) is 17.2 Å². The summed E-state index contributed by atoms with van der Waals surface area (Å²) < 4.78 is 94.8. The first-order valence-electron chi connectivity index (χ1n) is 39.9. The molecule has 3 saturated heterocycles. The van der Waals surface area contributed by atoms with Crippen LogP contribution in [0.15, 0.2) is 0 Å². The fourth-order valence-corrected chi connectivity index (χ4v) is 14.5. The summed E-state index contributed by atoms with van der Waals surface area (Å²) in [4.78, 5) is 102. The highest BCUT2D eigenvalue weighted by Crippen LogP contribution is 2.49. The second-order valence-electron chi connectivity index (χ2n) is 28.9. The van der Waals surface area contributed by atoms with E-state index in [1.165, 1.54) is 20.8 Å². The van der Waals surface area contributed by atoms with Gasteiger partial charge in [-0.2, -0.15) is 5.26 Å². The fraction of sp³-hybridized carbons (Fsp3) is 0.877. The highest BCUT2D eigenvalue weighted by molar-refractivity contribution is 7.44. The molecule has 43 nitrogen and oxygen atoms in total. The minimum absolute atomic E-state index is 0.0183. The molecule has 1 unspecified atom stereocenters.